The van der Waals surface area contributed by atoms with Crippen molar-refractivity contribution in [1.29, 1.82) is 0 Å². The van der Waals surface area contributed by atoms with Crippen LogP contribution in [-0.4, -0.2) is 0 Å². The molecule has 0 unspecified atom stereocenters. The van der Waals surface area contributed by atoms with Crippen LogP contribution in [0.15, 0.2) is 23.3 Å². The Labute approximate surface area is 49.3 Å². The molecule has 0 aliphatic carbocycles. The number of hydrogen-bond acceptors (Lipinski definition) is 2. The van der Waals surface area contributed by atoms with Crippen molar-refractivity contribution in [2.24, 2.45) is 5.73 Å². The third-order valence-electron chi connectivity index (χ3n) is 0.600. The van der Waals surface area contributed by atoms with Gasteiger partial charge in [-0.25, -0.2) is 0 Å². The van der Waals surface area contributed by atoms with Crippen LogP contribution >= 0.6 is 12.6 Å². The van der Waals surface area contributed by atoms with E-state index in [-0.39, 0.29) is 0 Å². The van der Waals surface area contributed by atoms with Crippen LogP contribution in [0.25, 0.3) is 0 Å². The predicted octanol–water partition coefficient (Wildman–Crippen LogP) is 1.29. The molecule has 0 bridgehead atoms. The summed E-state index contributed by atoms with van der Waals surface area (Å²) in [7, 11) is 0. The Hall–Kier alpha value is -0.370. The van der Waals surface area contributed by atoms with E-state index in [1.807, 2.05) is 13.0 Å². The molecule has 0 aromatic carbocycles. The molecule has 0 heterocycles. The highest BCUT2D eigenvalue weighted by molar-refractivity contribution is 7.83. The minimum Gasteiger partial charge on any atom is -0.399 e. The third kappa shape index (κ3) is 3.46. The summed E-state index contributed by atoms with van der Waals surface area (Å²) in [4.78, 5) is 0. The summed E-state index contributed by atoms with van der Waals surface area (Å²) in [6.45, 7) is 1.88. The van der Waals surface area contributed by atoms with Crippen LogP contribution in [-0.2, 0) is 0 Å². The monoisotopic (exact) mass is 115 g/mol. The molecule has 0 aliphatic rings. The van der Waals surface area contributed by atoms with E-state index in [1.165, 1.54) is 0 Å². The Morgan fingerprint density at radius 2 is 2.29 bits per heavy atom. The van der Waals surface area contributed by atoms with Gasteiger partial charge in [0.15, 0.2) is 0 Å². The molecule has 0 aliphatic heterocycles. The number of rotatable bonds is 1. The maximum atomic E-state index is 5.31. The van der Waals surface area contributed by atoms with Gasteiger partial charge in [-0.05, 0) is 18.4 Å². The van der Waals surface area contributed by atoms with Crippen molar-refractivity contribution >= 4 is 12.6 Å². The topological polar surface area (TPSA) is 26.0 Å². The summed E-state index contributed by atoms with van der Waals surface area (Å²) in [5, 5.41) is 1.61. The molecule has 0 aromatic rings. The van der Waals surface area contributed by atoms with Gasteiger partial charge in [-0.3, -0.25) is 0 Å². The molecule has 0 spiro atoms. The molecule has 0 fully saturated rings. The minimum absolute atomic E-state index is 0.745. The third-order valence-corrected chi connectivity index (χ3v) is 0.749. The minimum atomic E-state index is 0.745. The van der Waals surface area contributed by atoms with Gasteiger partial charge in [-0.15, -0.1) is 0 Å². The maximum Gasteiger partial charge on any atom is 0.0275 e. The molecule has 0 rings (SSSR count). The first-order valence-electron chi connectivity index (χ1n) is 2.03. The van der Waals surface area contributed by atoms with Gasteiger partial charge in [0.05, 0.1) is 0 Å². The fourth-order valence-corrected chi connectivity index (χ4v) is 0.354. The van der Waals surface area contributed by atoms with Crippen molar-refractivity contribution < 1.29 is 0 Å². The van der Waals surface area contributed by atoms with E-state index >= 15 is 0 Å². The van der Waals surface area contributed by atoms with Crippen LogP contribution in [0.1, 0.15) is 6.92 Å². The quantitative estimate of drug-likeness (QED) is 0.391. The standard InChI is InChI=1S/C5H9NS/c1-2-5(6)3-4-7/h2-4,7H,6H2,1H3/b4-3-,5-2+. The molecule has 0 radical (unpaired) electrons. The average Bonchev–Trinajstić information content (AvgIpc) is 1.68. The molecule has 0 aromatic heterocycles. The van der Waals surface area contributed by atoms with E-state index in [4.69, 9.17) is 5.73 Å². The van der Waals surface area contributed by atoms with Gasteiger partial charge in [0.2, 0.25) is 0 Å². The summed E-state index contributed by atoms with van der Waals surface area (Å²) < 4.78 is 0. The molecular formula is C5H9NS. The molecule has 7 heavy (non-hydrogen) atoms. The Bertz CT molecular complexity index is 94.3. The Morgan fingerprint density at radius 1 is 1.71 bits per heavy atom. The van der Waals surface area contributed by atoms with E-state index in [0.717, 1.165) is 5.70 Å². The number of hydrogen-bond donors (Lipinski definition) is 2. The van der Waals surface area contributed by atoms with Crippen molar-refractivity contribution in [3.05, 3.63) is 23.3 Å². The predicted molar refractivity (Wildman–Crippen MR) is 36.1 cm³/mol. The maximum absolute atomic E-state index is 5.31. The Morgan fingerprint density at radius 3 is 2.43 bits per heavy atom. The van der Waals surface area contributed by atoms with Crippen LogP contribution in [0.3, 0.4) is 0 Å². The molecule has 0 atom stereocenters. The summed E-state index contributed by atoms with van der Waals surface area (Å²) in [6.07, 6.45) is 3.54. The lowest BCUT2D eigenvalue weighted by atomic mass is 10.4. The van der Waals surface area contributed by atoms with Gasteiger partial charge in [0, 0.05) is 5.70 Å². The van der Waals surface area contributed by atoms with Crippen molar-refractivity contribution in [2.75, 3.05) is 0 Å². The van der Waals surface area contributed by atoms with Crippen molar-refractivity contribution in [2.45, 2.75) is 6.92 Å². The van der Waals surface area contributed by atoms with E-state index in [2.05, 4.69) is 12.6 Å². The first-order chi connectivity index (χ1) is 3.31. The van der Waals surface area contributed by atoms with E-state index in [9.17, 15) is 0 Å². The SMILES string of the molecule is C/C=C(N)\C=C/S. The van der Waals surface area contributed by atoms with Crippen LogP contribution < -0.4 is 5.73 Å². The van der Waals surface area contributed by atoms with Gasteiger partial charge in [-0.1, -0.05) is 6.08 Å². The Kier molecular flexibility index (Phi) is 3.61. The van der Waals surface area contributed by atoms with Gasteiger partial charge in [0.25, 0.3) is 0 Å². The normalized spacial score (nSPS) is 13.1. The van der Waals surface area contributed by atoms with Crippen molar-refractivity contribution in [3.63, 3.8) is 0 Å². The van der Waals surface area contributed by atoms with Gasteiger partial charge >= 0.3 is 0 Å². The summed E-state index contributed by atoms with van der Waals surface area (Å²) in [6, 6.07) is 0. The molecule has 2 heteroatoms. The zero-order chi connectivity index (χ0) is 5.70. The highest BCUT2D eigenvalue weighted by Gasteiger charge is 1.70. The zero-order valence-corrected chi connectivity index (χ0v) is 5.15. The van der Waals surface area contributed by atoms with Gasteiger partial charge in [0.1, 0.15) is 0 Å². The fourth-order valence-electron chi connectivity index (χ4n) is 0.182. The smallest absolute Gasteiger partial charge is 0.0275 e. The summed E-state index contributed by atoms with van der Waals surface area (Å²) in [5.41, 5.74) is 6.05. The lowest BCUT2D eigenvalue weighted by molar-refractivity contribution is 1.40. The first-order valence-corrected chi connectivity index (χ1v) is 2.55. The second-order valence-electron chi connectivity index (χ2n) is 1.10. The molecule has 0 saturated heterocycles. The second kappa shape index (κ2) is 3.81. The Balaban J connectivity index is 3.58. The molecule has 1 nitrogen and oxygen atoms in total. The molecule has 2 N–H and O–H groups in total. The molecular weight excluding hydrogens is 106 g/mol. The lowest BCUT2D eigenvalue weighted by Gasteiger charge is -1.82. The van der Waals surface area contributed by atoms with Crippen LogP contribution in [0, 0.1) is 0 Å². The second-order valence-corrected chi connectivity index (χ2v) is 1.40. The van der Waals surface area contributed by atoms with E-state index < -0.39 is 0 Å². The number of thiol groups is 1. The highest BCUT2D eigenvalue weighted by Crippen LogP contribution is 1.85. The molecule has 40 valence electrons. The number of allylic oxidation sites excluding steroid dienone is 2. The van der Waals surface area contributed by atoms with Crippen LogP contribution in [0.4, 0.5) is 0 Å². The van der Waals surface area contributed by atoms with Crippen molar-refractivity contribution in [3.8, 4) is 0 Å². The van der Waals surface area contributed by atoms with Crippen molar-refractivity contribution in [1.82, 2.24) is 0 Å². The summed E-state index contributed by atoms with van der Waals surface area (Å²) in [5.74, 6) is 0. The largest absolute Gasteiger partial charge is 0.399 e. The van der Waals surface area contributed by atoms with Crippen LogP contribution in [0.2, 0.25) is 0 Å². The molecule has 0 saturated carbocycles. The summed E-state index contributed by atoms with van der Waals surface area (Å²) >= 11 is 3.81. The highest BCUT2D eigenvalue weighted by atomic mass is 32.1. The first kappa shape index (κ1) is 6.63. The number of nitrogens with two attached hydrogens (primary N) is 1. The van der Waals surface area contributed by atoms with Gasteiger partial charge in [-0.2, -0.15) is 12.6 Å². The molecule has 0 amide bonds. The van der Waals surface area contributed by atoms with Crippen LogP contribution in [0.5, 0.6) is 0 Å². The van der Waals surface area contributed by atoms with Gasteiger partial charge < -0.3 is 5.73 Å². The van der Waals surface area contributed by atoms with E-state index in [1.54, 1.807) is 11.5 Å². The zero-order valence-electron chi connectivity index (χ0n) is 4.26. The average molecular weight is 115 g/mol. The fraction of sp³-hybridized carbons (Fsp3) is 0.200. The lowest BCUT2D eigenvalue weighted by Crippen LogP contribution is -1.89. The van der Waals surface area contributed by atoms with E-state index in [0.29, 0.717) is 0 Å².